The standard InChI is InChI=1S/C11H16N2OS.ClH/c14-11(9-3-5-12-8-9)13-6-4-10-2-1-7-15-10;/h1-2,7,9,12H,3-6,8H2,(H,13,14);1H/t9-;/m0./s1. The minimum absolute atomic E-state index is 0. The first-order valence-electron chi connectivity index (χ1n) is 5.37. The normalized spacial score (nSPS) is 19.1. The molecule has 0 unspecified atom stereocenters. The van der Waals surface area contributed by atoms with Crippen molar-refractivity contribution in [2.45, 2.75) is 12.8 Å². The van der Waals surface area contributed by atoms with Gasteiger partial charge in [0.1, 0.15) is 0 Å². The van der Waals surface area contributed by atoms with Crippen molar-refractivity contribution in [3.63, 3.8) is 0 Å². The zero-order valence-electron chi connectivity index (χ0n) is 9.07. The molecule has 2 N–H and O–H groups in total. The molecule has 0 spiro atoms. The summed E-state index contributed by atoms with van der Waals surface area (Å²) >= 11 is 1.74. The van der Waals surface area contributed by atoms with Crippen LogP contribution in [-0.4, -0.2) is 25.5 Å². The molecule has 0 bridgehead atoms. The van der Waals surface area contributed by atoms with Crippen molar-refractivity contribution in [3.05, 3.63) is 22.4 Å². The summed E-state index contributed by atoms with van der Waals surface area (Å²) < 4.78 is 0. The van der Waals surface area contributed by atoms with Gasteiger partial charge in [-0.3, -0.25) is 4.79 Å². The first kappa shape index (κ1) is 13.5. The molecular weight excluding hydrogens is 244 g/mol. The summed E-state index contributed by atoms with van der Waals surface area (Å²) in [4.78, 5) is 13.0. The highest BCUT2D eigenvalue weighted by molar-refractivity contribution is 7.09. The zero-order valence-corrected chi connectivity index (χ0v) is 10.7. The molecule has 2 rings (SSSR count). The topological polar surface area (TPSA) is 41.1 Å². The highest BCUT2D eigenvalue weighted by atomic mass is 35.5. The van der Waals surface area contributed by atoms with Crippen LogP contribution in [0.3, 0.4) is 0 Å². The van der Waals surface area contributed by atoms with Gasteiger partial charge >= 0.3 is 0 Å². The number of hydrogen-bond acceptors (Lipinski definition) is 3. The summed E-state index contributed by atoms with van der Waals surface area (Å²) in [5.41, 5.74) is 0. The number of rotatable bonds is 4. The summed E-state index contributed by atoms with van der Waals surface area (Å²) in [5, 5.41) is 8.26. The van der Waals surface area contributed by atoms with Crippen molar-refractivity contribution in [2.24, 2.45) is 5.92 Å². The van der Waals surface area contributed by atoms with Crippen molar-refractivity contribution in [3.8, 4) is 0 Å². The minimum atomic E-state index is 0. The Bertz CT molecular complexity index is 310. The Morgan fingerprint density at radius 1 is 1.62 bits per heavy atom. The predicted molar refractivity (Wildman–Crippen MR) is 69.3 cm³/mol. The van der Waals surface area contributed by atoms with Crippen molar-refractivity contribution >= 4 is 29.7 Å². The van der Waals surface area contributed by atoms with Crippen molar-refractivity contribution in [1.82, 2.24) is 10.6 Å². The van der Waals surface area contributed by atoms with Crippen molar-refractivity contribution < 1.29 is 4.79 Å². The van der Waals surface area contributed by atoms with Crippen LogP contribution in [0.25, 0.3) is 0 Å². The maximum absolute atomic E-state index is 11.6. The Morgan fingerprint density at radius 2 is 2.50 bits per heavy atom. The van der Waals surface area contributed by atoms with Crippen LogP contribution < -0.4 is 10.6 Å². The zero-order chi connectivity index (χ0) is 10.5. The van der Waals surface area contributed by atoms with E-state index in [0.717, 1.165) is 32.5 Å². The quantitative estimate of drug-likeness (QED) is 0.860. The van der Waals surface area contributed by atoms with Crippen LogP contribution in [0.5, 0.6) is 0 Å². The summed E-state index contributed by atoms with van der Waals surface area (Å²) in [6, 6.07) is 4.15. The molecule has 1 atom stereocenters. The molecule has 1 aromatic rings. The van der Waals surface area contributed by atoms with E-state index >= 15 is 0 Å². The minimum Gasteiger partial charge on any atom is -0.355 e. The van der Waals surface area contributed by atoms with Crippen LogP contribution in [0.15, 0.2) is 17.5 Å². The fourth-order valence-electron chi connectivity index (χ4n) is 1.79. The number of nitrogens with one attached hydrogen (secondary N) is 2. The highest BCUT2D eigenvalue weighted by Crippen LogP contribution is 2.09. The Morgan fingerprint density at radius 3 is 3.12 bits per heavy atom. The molecule has 1 amide bonds. The molecule has 2 heterocycles. The van der Waals surface area contributed by atoms with E-state index in [9.17, 15) is 4.79 Å². The molecule has 1 saturated heterocycles. The van der Waals surface area contributed by atoms with E-state index in [1.807, 2.05) is 6.07 Å². The smallest absolute Gasteiger partial charge is 0.224 e. The van der Waals surface area contributed by atoms with Gasteiger partial charge in [-0.25, -0.2) is 0 Å². The summed E-state index contributed by atoms with van der Waals surface area (Å²) in [6.45, 7) is 2.57. The molecular formula is C11H17ClN2OS. The van der Waals surface area contributed by atoms with Crippen LogP contribution in [-0.2, 0) is 11.2 Å². The van der Waals surface area contributed by atoms with Gasteiger partial charge in [0.25, 0.3) is 0 Å². The van der Waals surface area contributed by atoms with Crippen LogP contribution in [0.4, 0.5) is 0 Å². The predicted octanol–water partition coefficient (Wildman–Crippen LogP) is 1.44. The Balaban J connectivity index is 0.00000128. The van der Waals surface area contributed by atoms with E-state index < -0.39 is 0 Å². The Labute approximate surface area is 106 Å². The number of thiophene rings is 1. The van der Waals surface area contributed by atoms with Gasteiger partial charge in [0, 0.05) is 18.0 Å². The maximum Gasteiger partial charge on any atom is 0.224 e. The molecule has 90 valence electrons. The van der Waals surface area contributed by atoms with E-state index in [0.29, 0.717) is 0 Å². The fraction of sp³-hybridized carbons (Fsp3) is 0.545. The summed E-state index contributed by atoms with van der Waals surface area (Å²) in [5.74, 6) is 0.393. The lowest BCUT2D eigenvalue weighted by molar-refractivity contribution is -0.124. The molecule has 0 aliphatic carbocycles. The number of carbonyl (C=O) groups is 1. The van der Waals surface area contributed by atoms with Gasteiger partial charge in [-0.2, -0.15) is 0 Å². The third-order valence-corrected chi connectivity index (χ3v) is 3.62. The molecule has 1 aliphatic rings. The highest BCUT2D eigenvalue weighted by Gasteiger charge is 2.21. The monoisotopic (exact) mass is 260 g/mol. The van der Waals surface area contributed by atoms with Gasteiger partial charge in [-0.15, -0.1) is 23.7 Å². The second kappa shape index (κ2) is 6.89. The number of hydrogen-bond donors (Lipinski definition) is 2. The van der Waals surface area contributed by atoms with Gasteiger partial charge in [-0.05, 0) is 30.8 Å². The first-order valence-corrected chi connectivity index (χ1v) is 6.25. The van der Waals surface area contributed by atoms with Crippen LogP contribution >= 0.6 is 23.7 Å². The molecule has 1 aliphatic heterocycles. The molecule has 3 nitrogen and oxygen atoms in total. The lowest BCUT2D eigenvalue weighted by Gasteiger charge is -2.08. The van der Waals surface area contributed by atoms with E-state index in [1.54, 1.807) is 11.3 Å². The van der Waals surface area contributed by atoms with Crippen LogP contribution in [0.1, 0.15) is 11.3 Å². The molecule has 5 heteroatoms. The van der Waals surface area contributed by atoms with Crippen LogP contribution in [0.2, 0.25) is 0 Å². The van der Waals surface area contributed by atoms with Gasteiger partial charge in [-0.1, -0.05) is 6.07 Å². The average Bonchev–Trinajstić information content (AvgIpc) is 2.90. The number of carbonyl (C=O) groups excluding carboxylic acids is 1. The third kappa shape index (κ3) is 3.77. The molecule has 1 aromatic heterocycles. The second-order valence-corrected chi connectivity index (χ2v) is 4.84. The van der Waals surface area contributed by atoms with Gasteiger partial charge < -0.3 is 10.6 Å². The van der Waals surface area contributed by atoms with E-state index in [1.165, 1.54) is 4.88 Å². The molecule has 1 fully saturated rings. The van der Waals surface area contributed by atoms with E-state index in [2.05, 4.69) is 22.1 Å². The summed E-state index contributed by atoms with van der Waals surface area (Å²) in [6.07, 6.45) is 1.92. The number of halogens is 1. The third-order valence-electron chi connectivity index (χ3n) is 2.68. The SMILES string of the molecule is Cl.O=C(NCCc1cccs1)[C@H]1CCNC1. The summed E-state index contributed by atoms with van der Waals surface area (Å²) in [7, 11) is 0. The molecule has 0 saturated carbocycles. The lowest BCUT2D eigenvalue weighted by Crippen LogP contribution is -2.33. The largest absolute Gasteiger partial charge is 0.355 e. The number of amides is 1. The average molecular weight is 261 g/mol. The van der Waals surface area contributed by atoms with E-state index in [-0.39, 0.29) is 24.2 Å². The van der Waals surface area contributed by atoms with Crippen molar-refractivity contribution in [1.29, 1.82) is 0 Å². The van der Waals surface area contributed by atoms with Crippen molar-refractivity contribution in [2.75, 3.05) is 19.6 Å². The molecule has 16 heavy (non-hydrogen) atoms. The maximum atomic E-state index is 11.6. The lowest BCUT2D eigenvalue weighted by atomic mass is 10.1. The Hall–Kier alpha value is -0.580. The van der Waals surface area contributed by atoms with E-state index in [4.69, 9.17) is 0 Å². The molecule has 0 aromatic carbocycles. The van der Waals surface area contributed by atoms with Gasteiger partial charge in [0.2, 0.25) is 5.91 Å². The fourth-order valence-corrected chi connectivity index (χ4v) is 2.50. The van der Waals surface area contributed by atoms with Gasteiger partial charge in [0.05, 0.1) is 5.92 Å². The molecule has 0 radical (unpaired) electrons. The van der Waals surface area contributed by atoms with Gasteiger partial charge in [0.15, 0.2) is 0 Å². The van der Waals surface area contributed by atoms with Crippen LogP contribution in [0, 0.1) is 5.92 Å². The first-order chi connectivity index (χ1) is 7.36. The Kier molecular flexibility index (Phi) is 5.80. The second-order valence-electron chi connectivity index (χ2n) is 3.81.